The van der Waals surface area contributed by atoms with Crippen molar-refractivity contribution in [2.75, 3.05) is 19.6 Å². The summed E-state index contributed by atoms with van der Waals surface area (Å²) in [5.41, 5.74) is 1.94. The number of hydrogen-bond donors (Lipinski definition) is 2. The molecule has 0 radical (unpaired) electrons. The molecule has 0 bridgehead atoms. The highest BCUT2D eigenvalue weighted by Crippen LogP contribution is 2.24. The van der Waals surface area contributed by atoms with Crippen LogP contribution in [0.1, 0.15) is 35.8 Å². The molecular weight excluding hydrogens is 450 g/mol. The lowest BCUT2D eigenvalue weighted by molar-refractivity contribution is -0.116. The van der Waals surface area contributed by atoms with E-state index in [1.54, 1.807) is 30.3 Å². The van der Waals surface area contributed by atoms with E-state index in [1.165, 1.54) is 42.9 Å². The average Bonchev–Trinajstić information content (AvgIpc) is 3.57. The van der Waals surface area contributed by atoms with E-state index >= 15 is 0 Å². The Bertz CT molecular complexity index is 1180. The van der Waals surface area contributed by atoms with Crippen LogP contribution in [0.25, 0.3) is 6.08 Å². The number of amides is 1. The second-order valence-electron chi connectivity index (χ2n) is 8.22. The summed E-state index contributed by atoms with van der Waals surface area (Å²) in [7, 11) is -3.66. The highest BCUT2D eigenvalue weighted by Gasteiger charge is 2.23. The minimum atomic E-state index is -3.66. The van der Waals surface area contributed by atoms with Crippen molar-refractivity contribution in [1.82, 2.24) is 14.9 Å². The molecule has 2 aromatic carbocycles. The van der Waals surface area contributed by atoms with Gasteiger partial charge in [0.2, 0.25) is 15.9 Å². The van der Waals surface area contributed by atoms with Crippen LogP contribution in [0.5, 0.6) is 0 Å². The zero-order valence-corrected chi connectivity index (χ0v) is 19.7. The van der Waals surface area contributed by atoms with Crippen molar-refractivity contribution < 1.29 is 17.6 Å². The standard InChI is InChI=1S/C26H29N3O4S/c30-26(27-20-25(29-16-4-5-17-29)22-7-2-1-3-8-22)15-12-21-10-13-24(14-11-21)34(31,32)28-19-23-9-6-18-33-23/h1-3,6-15,18,25,28H,4-5,16-17,19-20H2,(H,27,30)/b15-12+. The molecule has 0 aliphatic carbocycles. The third kappa shape index (κ3) is 6.44. The Morgan fingerprint density at radius 3 is 2.41 bits per heavy atom. The normalized spacial score (nSPS) is 15.5. The summed E-state index contributed by atoms with van der Waals surface area (Å²) >= 11 is 0. The number of benzene rings is 2. The maximum absolute atomic E-state index is 12.5. The van der Waals surface area contributed by atoms with Crippen LogP contribution in [0, 0.1) is 0 Å². The molecule has 1 unspecified atom stereocenters. The lowest BCUT2D eigenvalue weighted by Crippen LogP contribution is -2.36. The molecule has 1 aliphatic rings. The molecular formula is C26H29N3O4S. The number of nitrogens with zero attached hydrogens (tertiary/aromatic N) is 1. The summed E-state index contributed by atoms with van der Waals surface area (Å²) in [4.78, 5) is 15.0. The molecule has 1 fully saturated rings. The molecule has 7 nitrogen and oxygen atoms in total. The molecule has 34 heavy (non-hydrogen) atoms. The van der Waals surface area contributed by atoms with Gasteiger partial charge in [0.15, 0.2) is 0 Å². The molecule has 0 spiro atoms. The number of carbonyl (C=O) groups is 1. The predicted octanol–water partition coefficient (Wildman–Crippen LogP) is 3.72. The smallest absolute Gasteiger partial charge is 0.244 e. The van der Waals surface area contributed by atoms with Gasteiger partial charge in [-0.15, -0.1) is 0 Å². The van der Waals surface area contributed by atoms with Gasteiger partial charge in [0.05, 0.1) is 23.7 Å². The second-order valence-corrected chi connectivity index (χ2v) is 9.99. The molecule has 1 saturated heterocycles. The van der Waals surface area contributed by atoms with E-state index in [1.807, 2.05) is 18.2 Å². The van der Waals surface area contributed by atoms with Crippen molar-refractivity contribution in [3.8, 4) is 0 Å². The first-order valence-corrected chi connectivity index (χ1v) is 12.9. The topological polar surface area (TPSA) is 91.6 Å². The van der Waals surface area contributed by atoms with Crippen molar-refractivity contribution in [2.24, 2.45) is 0 Å². The molecule has 2 N–H and O–H groups in total. The highest BCUT2D eigenvalue weighted by molar-refractivity contribution is 7.89. The van der Waals surface area contributed by atoms with Crippen molar-refractivity contribution in [2.45, 2.75) is 30.3 Å². The summed E-state index contributed by atoms with van der Waals surface area (Å²) < 4.78 is 32.5. The monoisotopic (exact) mass is 479 g/mol. The summed E-state index contributed by atoms with van der Waals surface area (Å²) in [5, 5.41) is 3.01. The largest absolute Gasteiger partial charge is 0.468 e. The van der Waals surface area contributed by atoms with E-state index in [2.05, 4.69) is 27.1 Å². The van der Waals surface area contributed by atoms with E-state index in [9.17, 15) is 13.2 Å². The van der Waals surface area contributed by atoms with Gasteiger partial charge in [-0.2, -0.15) is 0 Å². The van der Waals surface area contributed by atoms with Crippen LogP contribution < -0.4 is 10.0 Å². The number of carbonyl (C=O) groups excluding carboxylic acids is 1. The summed E-state index contributed by atoms with van der Waals surface area (Å²) in [5.74, 6) is 0.352. The molecule has 1 atom stereocenters. The lowest BCUT2D eigenvalue weighted by atomic mass is 10.1. The van der Waals surface area contributed by atoms with Crippen LogP contribution in [0.4, 0.5) is 0 Å². The minimum Gasteiger partial charge on any atom is -0.468 e. The lowest BCUT2D eigenvalue weighted by Gasteiger charge is -2.28. The number of hydrogen-bond acceptors (Lipinski definition) is 5. The first kappa shape index (κ1) is 23.9. The molecule has 8 heteroatoms. The Morgan fingerprint density at radius 2 is 1.74 bits per heavy atom. The van der Waals surface area contributed by atoms with Crippen LogP contribution in [0.3, 0.4) is 0 Å². The highest BCUT2D eigenvalue weighted by atomic mass is 32.2. The third-order valence-corrected chi connectivity index (χ3v) is 7.29. The van der Waals surface area contributed by atoms with Gasteiger partial charge in [-0.05, 0) is 67.4 Å². The quantitative estimate of drug-likeness (QED) is 0.433. The first-order chi connectivity index (χ1) is 16.5. The van der Waals surface area contributed by atoms with Crippen molar-refractivity contribution in [1.29, 1.82) is 0 Å². The van der Waals surface area contributed by atoms with Crippen LogP contribution in [-0.2, 0) is 21.4 Å². The SMILES string of the molecule is O=C(/C=C/c1ccc(S(=O)(=O)NCc2ccco2)cc1)NCC(c1ccccc1)N1CCCC1. The predicted molar refractivity (Wildman–Crippen MR) is 131 cm³/mol. The zero-order chi connectivity index (χ0) is 23.8. The van der Waals surface area contributed by atoms with Crippen molar-refractivity contribution in [3.05, 3.63) is 96.0 Å². The zero-order valence-electron chi connectivity index (χ0n) is 18.9. The minimum absolute atomic E-state index is 0.0819. The Kier molecular flexibility index (Phi) is 7.95. The summed E-state index contributed by atoms with van der Waals surface area (Å²) in [6.07, 6.45) is 7.01. The van der Waals surface area contributed by atoms with Crippen molar-refractivity contribution in [3.63, 3.8) is 0 Å². The Balaban J connectivity index is 1.32. The van der Waals surface area contributed by atoms with Gasteiger partial charge in [-0.3, -0.25) is 9.69 Å². The van der Waals surface area contributed by atoms with Crippen molar-refractivity contribution >= 4 is 22.0 Å². The first-order valence-electron chi connectivity index (χ1n) is 11.4. The van der Waals surface area contributed by atoms with Gasteiger partial charge in [0.1, 0.15) is 5.76 Å². The fourth-order valence-corrected chi connectivity index (χ4v) is 5.03. The van der Waals surface area contributed by atoms with Gasteiger partial charge in [0, 0.05) is 12.6 Å². The molecule has 3 aromatic rings. The average molecular weight is 480 g/mol. The van der Waals surface area contributed by atoms with Crippen LogP contribution in [0.2, 0.25) is 0 Å². The van der Waals surface area contributed by atoms with Gasteiger partial charge >= 0.3 is 0 Å². The third-order valence-electron chi connectivity index (χ3n) is 5.87. The summed E-state index contributed by atoms with van der Waals surface area (Å²) in [6.45, 7) is 2.69. The van der Waals surface area contributed by atoms with E-state index in [-0.39, 0.29) is 23.4 Å². The maximum atomic E-state index is 12.5. The molecule has 1 aliphatic heterocycles. The van der Waals surface area contributed by atoms with E-state index in [4.69, 9.17) is 4.42 Å². The van der Waals surface area contributed by atoms with Gasteiger partial charge in [0.25, 0.3) is 0 Å². The Hall–Kier alpha value is -3.20. The molecule has 2 heterocycles. The fourth-order valence-electron chi connectivity index (χ4n) is 4.04. The van der Waals surface area contributed by atoms with E-state index in [0.717, 1.165) is 18.7 Å². The molecule has 1 amide bonds. The van der Waals surface area contributed by atoms with E-state index < -0.39 is 10.0 Å². The van der Waals surface area contributed by atoms with Gasteiger partial charge < -0.3 is 9.73 Å². The number of likely N-dealkylation sites (tertiary alicyclic amines) is 1. The van der Waals surface area contributed by atoms with Crippen LogP contribution in [0.15, 0.2) is 88.4 Å². The molecule has 4 rings (SSSR count). The number of furan rings is 1. The number of rotatable bonds is 10. The van der Waals surface area contributed by atoms with E-state index in [0.29, 0.717) is 12.3 Å². The molecule has 178 valence electrons. The number of sulfonamides is 1. The maximum Gasteiger partial charge on any atom is 0.244 e. The van der Waals surface area contributed by atoms with Crippen LogP contribution in [-0.4, -0.2) is 38.9 Å². The Morgan fingerprint density at radius 1 is 1.00 bits per heavy atom. The van der Waals surface area contributed by atoms with Crippen LogP contribution >= 0.6 is 0 Å². The second kappa shape index (κ2) is 11.3. The van der Waals surface area contributed by atoms with Gasteiger partial charge in [-0.1, -0.05) is 42.5 Å². The number of nitrogens with one attached hydrogen (secondary N) is 2. The fraction of sp³-hybridized carbons (Fsp3) is 0.269. The molecule has 1 aromatic heterocycles. The Labute approximate surface area is 200 Å². The summed E-state index contributed by atoms with van der Waals surface area (Å²) in [6, 6.07) is 20.2. The molecule has 0 saturated carbocycles. The van der Waals surface area contributed by atoms with Gasteiger partial charge in [-0.25, -0.2) is 13.1 Å².